The first-order chi connectivity index (χ1) is 7.75. The maximum absolute atomic E-state index is 8.97. The van der Waals surface area contributed by atoms with E-state index in [1.165, 1.54) is 17.7 Å². The average molecular weight is 237 g/mol. The molecule has 1 fully saturated rings. The summed E-state index contributed by atoms with van der Waals surface area (Å²) in [4.78, 5) is 1.19. The third kappa shape index (κ3) is 3.25. The Hall–Kier alpha value is -0.485. The number of hydrogen-bond donors (Lipinski definition) is 3. The van der Waals surface area contributed by atoms with Gasteiger partial charge in [-0.1, -0.05) is 12.1 Å². The van der Waals surface area contributed by atoms with Crippen molar-refractivity contribution in [3.8, 4) is 0 Å². The second kappa shape index (κ2) is 5.73. The molecule has 0 amide bonds. The molecule has 1 aliphatic rings. The van der Waals surface area contributed by atoms with Crippen LogP contribution in [0.25, 0.3) is 0 Å². The van der Waals surface area contributed by atoms with E-state index in [9.17, 15) is 0 Å². The van der Waals surface area contributed by atoms with E-state index < -0.39 is 7.12 Å². The Kier molecular flexibility index (Phi) is 4.29. The van der Waals surface area contributed by atoms with Crippen LogP contribution in [0.5, 0.6) is 0 Å². The van der Waals surface area contributed by atoms with Gasteiger partial charge in [0.05, 0.1) is 0 Å². The molecule has 2 rings (SSSR count). The number of piperidine rings is 1. The van der Waals surface area contributed by atoms with E-state index in [-0.39, 0.29) is 0 Å². The number of thioether (sulfide) groups is 1. The first-order valence-corrected chi connectivity index (χ1v) is 6.47. The molecule has 3 N–H and O–H groups in total. The van der Waals surface area contributed by atoms with E-state index in [0.29, 0.717) is 10.7 Å². The maximum atomic E-state index is 8.97. The lowest BCUT2D eigenvalue weighted by Crippen LogP contribution is -2.31. The lowest BCUT2D eigenvalue weighted by Gasteiger charge is -2.22. The normalized spacial score (nSPS) is 20.8. The number of rotatable bonds is 3. The molecule has 1 aliphatic heterocycles. The zero-order valence-electron chi connectivity index (χ0n) is 9.10. The highest BCUT2D eigenvalue weighted by Gasteiger charge is 2.15. The molecule has 1 unspecified atom stereocenters. The van der Waals surface area contributed by atoms with Crippen molar-refractivity contribution in [1.29, 1.82) is 0 Å². The minimum atomic E-state index is -1.37. The predicted molar refractivity (Wildman–Crippen MR) is 68.0 cm³/mol. The smallest absolute Gasteiger partial charge is 0.423 e. The average Bonchev–Trinajstić information content (AvgIpc) is 2.31. The fourth-order valence-electron chi connectivity index (χ4n) is 1.83. The molecule has 1 aromatic rings. The van der Waals surface area contributed by atoms with Gasteiger partial charge in [0.2, 0.25) is 0 Å². The summed E-state index contributed by atoms with van der Waals surface area (Å²) in [6.45, 7) is 2.20. The lowest BCUT2D eigenvalue weighted by atomic mass is 9.81. The van der Waals surface area contributed by atoms with Crippen molar-refractivity contribution >= 4 is 24.3 Å². The van der Waals surface area contributed by atoms with Crippen molar-refractivity contribution < 1.29 is 10.0 Å². The molecule has 3 nitrogen and oxygen atoms in total. The molecule has 1 aromatic carbocycles. The molecule has 0 spiro atoms. The van der Waals surface area contributed by atoms with E-state index >= 15 is 0 Å². The minimum Gasteiger partial charge on any atom is -0.423 e. The predicted octanol–water partition coefficient (Wildman–Crippen LogP) is 0.210. The Morgan fingerprint density at radius 2 is 2.00 bits per heavy atom. The van der Waals surface area contributed by atoms with Crippen LogP contribution in [0.15, 0.2) is 29.2 Å². The Morgan fingerprint density at radius 3 is 2.56 bits per heavy atom. The van der Waals surface area contributed by atoms with Crippen LogP contribution < -0.4 is 10.8 Å². The summed E-state index contributed by atoms with van der Waals surface area (Å²) >= 11 is 1.86. The van der Waals surface area contributed by atoms with Gasteiger partial charge in [0, 0.05) is 16.7 Å². The van der Waals surface area contributed by atoms with Gasteiger partial charge in [0.25, 0.3) is 0 Å². The van der Waals surface area contributed by atoms with Gasteiger partial charge in [-0.3, -0.25) is 0 Å². The molecular weight excluding hydrogens is 221 g/mol. The zero-order valence-corrected chi connectivity index (χ0v) is 9.91. The van der Waals surface area contributed by atoms with E-state index in [1.54, 1.807) is 12.1 Å². The topological polar surface area (TPSA) is 52.5 Å². The Morgan fingerprint density at radius 1 is 1.25 bits per heavy atom. The van der Waals surface area contributed by atoms with Crippen LogP contribution in [0.1, 0.15) is 12.8 Å². The monoisotopic (exact) mass is 237 g/mol. The van der Waals surface area contributed by atoms with E-state index in [2.05, 4.69) is 5.32 Å². The number of nitrogens with one attached hydrogen (secondary N) is 1. The Bertz CT molecular complexity index is 325. The van der Waals surface area contributed by atoms with Crippen molar-refractivity contribution in [2.24, 2.45) is 0 Å². The van der Waals surface area contributed by atoms with Crippen LogP contribution in [-0.4, -0.2) is 35.5 Å². The molecule has 0 saturated carbocycles. The molecule has 0 aromatic heterocycles. The minimum absolute atomic E-state index is 0.547. The van der Waals surface area contributed by atoms with E-state index in [4.69, 9.17) is 10.0 Å². The van der Waals surface area contributed by atoms with Crippen LogP contribution in [0, 0.1) is 0 Å². The molecule has 1 atom stereocenters. The van der Waals surface area contributed by atoms with Crippen molar-refractivity contribution in [2.45, 2.75) is 23.0 Å². The molecule has 1 heterocycles. The van der Waals surface area contributed by atoms with Gasteiger partial charge in [0.1, 0.15) is 0 Å². The fourth-order valence-corrected chi connectivity index (χ4v) is 3.00. The van der Waals surface area contributed by atoms with Gasteiger partial charge in [-0.2, -0.15) is 0 Å². The highest BCUT2D eigenvalue weighted by Crippen LogP contribution is 2.26. The highest BCUT2D eigenvalue weighted by molar-refractivity contribution is 8.00. The van der Waals surface area contributed by atoms with Gasteiger partial charge in [-0.05, 0) is 37.0 Å². The van der Waals surface area contributed by atoms with Gasteiger partial charge in [-0.25, -0.2) is 0 Å². The molecule has 16 heavy (non-hydrogen) atoms. The summed E-state index contributed by atoms with van der Waals surface area (Å²) < 4.78 is 0. The lowest BCUT2D eigenvalue weighted by molar-refractivity contribution is 0.426. The van der Waals surface area contributed by atoms with Crippen molar-refractivity contribution in [2.75, 3.05) is 13.1 Å². The molecule has 0 aliphatic carbocycles. The number of benzene rings is 1. The first-order valence-electron chi connectivity index (χ1n) is 5.59. The molecule has 1 saturated heterocycles. The summed E-state index contributed by atoms with van der Waals surface area (Å²) in [6.07, 6.45) is 2.49. The first kappa shape index (κ1) is 12.0. The van der Waals surface area contributed by atoms with Crippen molar-refractivity contribution in [1.82, 2.24) is 5.32 Å². The van der Waals surface area contributed by atoms with Gasteiger partial charge < -0.3 is 15.4 Å². The molecule has 0 radical (unpaired) electrons. The van der Waals surface area contributed by atoms with E-state index in [0.717, 1.165) is 13.1 Å². The zero-order chi connectivity index (χ0) is 11.4. The second-order valence-electron chi connectivity index (χ2n) is 4.03. The Labute approximate surface area is 100 Å². The summed E-state index contributed by atoms with van der Waals surface area (Å²) in [7, 11) is -1.37. The second-order valence-corrected chi connectivity index (χ2v) is 5.40. The quantitative estimate of drug-likeness (QED) is 0.658. The Balaban J connectivity index is 1.93. The number of hydrogen-bond acceptors (Lipinski definition) is 4. The summed E-state index contributed by atoms with van der Waals surface area (Å²) in [6, 6.07) is 7.44. The SMILES string of the molecule is OB(O)c1ccc(SC2CCCNC2)cc1. The summed E-state index contributed by atoms with van der Waals surface area (Å²) in [5, 5.41) is 22.0. The van der Waals surface area contributed by atoms with Crippen molar-refractivity contribution in [3.63, 3.8) is 0 Å². The molecule has 0 bridgehead atoms. The van der Waals surface area contributed by atoms with Gasteiger partial charge >= 0.3 is 7.12 Å². The molecule has 5 heteroatoms. The van der Waals surface area contributed by atoms with Crippen LogP contribution in [0.2, 0.25) is 0 Å². The highest BCUT2D eigenvalue weighted by atomic mass is 32.2. The largest absolute Gasteiger partial charge is 0.488 e. The van der Waals surface area contributed by atoms with Crippen LogP contribution in [0.3, 0.4) is 0 Å². The summed E-state index contributed by atoms with van der Waals surface area (Å²) in [5.41, 5.74) is 0.547. The standard InChI is InChI=1S/C11H16BNO2S/c14-12(15)9-3-5-10(6-4-9)16-11-2-1-7-13-8-11/h3-6,11,13-15H,1-2,7-8H2. The third-order valence-electron chi connectivity index (χ3n) is 2.73. The van der Waals surface area contributed by atoms with Crippen LogP contribution in [-0.2, 0) is 0 Å². The van der Waals surface area contributed by atoms with Gasteiger partial charge in [0.15, 0.2) is 0 Å². The van der Waals surface area contributed by atoms with Crippen molar-refractivity contribution in [3.05, 3.63) is 24.3 Å². The van der Waals surface area contributed by atoms with E-state index in [1.807, 2.05) is 23.9 Å². The molecule has 86 valence electrons. The molecular formula is C11H16BNO2S. The van der Waals surface area contributed by atoms with Gasteiger partial charge in [-0.15, -0.1) is 11.8 Å². The summed E-state index contributed by atoms with van der Waals surface area (Å²) in [5.74, 6) is 0. The van der Waals surface area contributed by atoms with Crippen LogP contribution >= 0.6 is 11.8 Å². The third-order valence-corrected chi connectivity index (χ3v) is 4.01. The van der Waals surface area contributed by atoms with Crippen LogP contribution in [0.4, 0.5) is 0 Å². The fraction of sp³-hybridized carbons (Fsp3) is 0.455. The maximum Gasteiger partial charge on any atom is 0.488 e.